The van der Waals surface area contributed by atoms with Gasteiger partial charge in [0.15, 0.2) is 0 Å². The smallest absolute Gasteiger partial charge is 0.228 e. The second kappa shape index (κ2) is 9.40. The number of hydrogen-bond acceptors (Lipinski definition) is 3. The van der Waals surface area contributed by atoms with Gasteiger partial charge in [-0.25, -0.2) is 4.39 Å². The van der Waals surface area contributed by atoms with Crippen LogP contribution in [0.2, 0.25) is 0 Å². The van der Waals surface area contributed by atoms with Crippen molar-refractivity contribution < 1.29 is 9.18 Å². The van der Waals surface area contributed by atoms with Crippen molar-refractivity contribution in [3.8, 4) is 0 Å². The number of rotatable bonds is 5. The molecule has 29 heavy (non-hydrogen) atoms. The van der Waals surface area contributed by atoms with Crippen LogP contribution in [-0.4, -0.2) is 37.0 Å². The third-order valence-electron chi connectivity index (χ3n) is 6.05. The van der Waals surface area contributed by atoms with Gasteiger partial charge in [0.25, 0.3) is 0 Å². The average Bonchev–Trinajstić information content (AvgIpc) is 2.77. The topological polar surface area (TPSA) is 35.6 Å². The molecule has 0 aromatic heterocycles. The number of nitrogens with one attached hydrogen (secondary N) is 1. The summed E-state index contributed by atoms with van der Waals surface area (Å²) in [7, 11) is 0. The molecule has 0 spiro atoms. The van der Waals surface area contributed by atoms with E-state index in [1.54, 1.807) is 0 Å². The number of carbonyl (C=O) groups is 1. The molecule has 2 aliphatic heterocycles. The fraction of sp³-hybridized carbons (Fsp3) is 0.458. The van der Waals surface area contributed by atoms with E-state index >= 15 is 0 Å². The van der Waals surface area contributed by atoms with E-state index in [0.29, 0.717) is 0 Å². The summed E-state index contributed by atoms with van der Waals surface area (Å²) >= 11 is 0. The van der Waals surface area contributed by atoms with E-state index in [1.165, 1.54) is 37.1 Å². The molecule has 5 heteroatoms. The molecule has 4 rings (SSSR count). The summed E-state index contributed by atoms with van der Waals surface area (Å²) < 4.78 is 13.1. The SMILES string of the molecule is O=C(Nc1ccc(N2CCCCC2)cc1)C1CCCN(Cc2ccc(F)cc2)C1. The zero-order valence-electron chi connectivity index (χ0n) is 16.9. The number of halogens is 1. The predicted molar refractivity (Wildman–Crippen MR) is 116 cm³/mol. The van der Waals surface area contributed by atoms with Crippen LogP contribution in [0.1, 0.15) is 37.7 Å². The summed E-state index contributed by atoms with van der Waals surface area (Å²) in [5.41, 5.74) is 3.19. The number of benzene rings is 2. The molecule has 2 aromatic rings. The molecule has 2 aromatic carbocycles. The third-order valence-corrected chi connectivity index (χ3v) is 6.05. The molecule has 0 bridgehead atoms. The Hall–Kier alpha value is -2.40. The zero-order valence-corrected chi connectivity index (χ0v) is 16.9. The Balaban J connectivity index is 1.31. The number of hydrogen-bond donors (Lipinski definition) is 1. The molecule has 2 heterocycles. The van der Waals surface area contributed by atoms with Crippen LogP contribution in [0, 0.1) is 11.7 Å². The summed E-state index contributed by atoms with van der Waals surface area (Å²) in [6.45, 7) is 4.73. The fourth-order valence-electron chi connectivity index (χ4n) is 4.41. The Kier molecular flexibility index (Phi) is 6.45. The molecule has 2 fully saturated rings. The van der Waals surface area contributed by atoms with Crippen molar-refractivity contribution in [3.63, 3.8) is 0 Å². The third kappa shape index (κ3) is 5.36. The summed E-state index contributed by atoms with van der Waals surface area (Å²) in [4.78, 5) is 17.5. The number of amides is 1. The highest BCUT2D eigenvalue weighted by atomic mass is 19.1. The number of piperidine rings is 2. The standard InChI is InChI=1S/C24H30FN3O/c25-21-8-6-19(7-9-21)17-27-14-4-5-20(18-27)24(29)26-22-10-12-23(13-11-22)28-15-2-1-3-16-28/h6-13,20H,1-5,14-18H2,(H,26,29). The maximum Gasteiger partial charge on any atom is 0.228 e. The minimum atomic E-state index is -0.212. The van der Waals surface area contributed by atoms with Crippen molar-refractivity contribution >= 4 is 17.3 Å². The van der Waals surface area contributed by atoms with Crippen LogP contribution < -0.4 is 10.2 Å². The van der Waals surface area contributed by atoms with E-state index in [1.807, 2.05) is 24.3 Å². The summed E-state index contributed by atoms with van der Waals surface area (Å²) in [6, 6.07) is 14.9. The predicted octanol–water partition coefficient (Wildman–Crippen LogP) is 4.67. The molecule has 1 amide bonds. The lowest BCUT2D eigenvalue weighted by molar-refractivity contribution is -0.121. The summed E-state index contributed by atoms with van der Waals surface area (Å²) in [6.07, 6.45) is 5.76. The lowest BCUT2D eigenvalue weighted by atomic mass is 9.96. The van der Waals surface area contributed by atoms with E-state index in [-0.39, 0.29) is 17.6 Å². The Morgan fingerprint density at radius 1 is 0.931 bits per heavy atom. The number of anilines is 2. The van der Waals surface area contributed by atoms with Gasteiger partial charge >= 0.3 is 0 Å². The van der Waals surface area contributed by atoms with Gasteiger partial charge in [-0.15, -0.1) is 0 Å². The van der Waals surface area contributed by atoms with Crippen molar-refractivity contribution in [2.24, 2.45) is 5.92 Å². The first-order valence-electron chi connectivity index (χ1n) is 10.8. The van der Waals surface area contributed by atoms with Crippen molar-refractivity contribution in [2.75, 3.05) is 36.4 Å². The molecule has 1 unspecified atom stereocenters. The largest absolute Gasteiger partial charge is 0.372 e. The molecular formula is C24H30FN3O. The van der Waals surface area contributed by atoms with E-state index in [4.69, 9.17) is 0 Å². The maximum atomic E-state index is 13.1. The van der Waals surface area contributed by atoms with Crippen molar-refractivity contribution in [1.29, 1.82) is 0 Å². The molecule has 4 nitrogen and oxygen atoms in total. The van der Waals surface area contributed by atoms with E-state index in [9.17, 15) is 9.18 Å². The van der Waals surface area contributed by atoms with Gasteiger partial charge in [-0.1, -0.05) is 12.1 Å². The first kappa shape index (κ1) is 19.9. The van der Waals surface area contributed by atoms with E-state index in [0.717, 1.165) is 56.8 Å². The molecule has 0 saturated carbocycles. The van der Waals surface area contributed by atoms with Crippen LogP contribution in [0.3, 0.4) is 0 Å². The monoisotopic (exact) mass is 395 g/mol. The zero-order chi connectivity index (χ0) is 20.1. The van der Waals surface area contributed by atoms with Gasteiger partial charge in [0.05, 0.1) is 5.92 Å². The van der Waals surface area contributed by atoms with Crippen LogP contribution in [-0.2, 0) is 11.3 Å². The number of likely N-dealkylation sites (tertiary alicyclic amines) is 1. The van der Waals surface area contributed by atoms with E-state index in [2.05, 4.69) is 27.2 Å². The summed E-state index contributed by atoms with van der Waals surface area (Å²) in [5.74, 6) is -0.124. The van der Waals surface area contributed by atoms with Crippen molar-refractivity contribution in [3.05, 3.63) is 59.9 Å². The van der Waals surface area contributed by atoms with E-state index < -0.39 is 0 Å². The van der Waals surface area contributed by atoms with Gasteiger partial charge < -0.3 is 10.2 Å². The highest BCUT2D eigenvalue weighted by molar-refractivity contribution is 5.92. The van der Waals surface area contributed by atoms with Gasteiger partial charge in [-0.2, -0.15) is 0 Å². The second-order valence-corrected chi connectivity index (χ2v) is 8.28. The van der Waals surface area contributed by atoms with Gasteiger partial charge in [0, 0.05) is 37.6 Å². The summed E-state index contributed by atoms with van der Waals surface area (Å²) in [5, 5.41) is 3.10. The average molecular weight is 396 g/mol. The minimum Gasteiger partial charge on any atom is -0.372 e. The fourth-order valence-corrected chi connectivity index (χ4v) is 4.41. The first-order valence-corrected chi connectivity index (χ1v) is 10.8. The highest BCUT2D eigenvalue weighted by Gasteiger charge is 2.26. The van der Waals surface area contributed by atoms with Crippen molar-refractivity contribution in [2.45, 2.75) is 38.6 Å². The molecule has 1 N–H and O–H groups in total. The molecular weight excluding hydrogens is 365 g/mol. The molecule has 0 radical (unpaired) electrons. The minimum absolute atomic E-state index is 0.00836. The second-order valence-electron chi connectivity index (χ2n) is 8.28. The lowest BCUT2D eigenvalue weighted by Crippen LogP contribution is -2.40. The molecule has 1 atom stereocenters. The first-order chi connectivity index (χ1) is 14.2. The van der Waals surface area contributed by atoms with Gasteiger partial charge in [-0.05, 0) is 80.6 Å². The van der Waals surface area contributed by atoms with Gasteiger partial charge in [0.2, 0.25) is 5.91 Å². The number of carbonyl (C=O) groups excluding carboxylic acids is 1. The van der Waals surface area contributed by atoms with Crippen molar-refractivity contribution in [1.82, 2.24) is 4.90 Å². The Bertz CT molecular complexity index is 800. The quantitative estimate of drug-likeness (QED) is 0.799. The Labute approximate surface area is 172 Å². The maximum absolute atomic E-state index is 13.1. The van der Waals surface area contributed by atoms with Gasteiger partial charge in [0.1, 0.15) is 5.82 Å². The Morgan fingerprint density at radius 2 is 1.66 bits per heavy atom. The van der Waals surface area contributed by atoms with Crippen LogP contribution in [0.15, 0.2) is 48.5 Å². The molecule has 2 aliphatic rings. The van der Waals surface area contributed by atoms with Crippen LogP contribution in [0.25, 0.3) is 0 Å². The normalized spacial score (nSPS) is 20.4. The van der Waals surface area contributed by atoms with Crippen LogP contribution in [0.4, 0.5) is 15.8 Å². The van der Waals surface area contributed by atoms with Crippen LogP contribution >= 0.6 is 0 Å². The Morgan fingerprint density at radius 3 is 2.38 bits per heavy atom. The molecule has 0 aliphatic carbocycles. The highest BCUT2D eigenvalue weighted by Crippen LogP contribution is 2.24. The number of nitrogens with zero attached hydrogens (tertiary/aromatic N) is 2. The van der Waals surface area contributed by atoms with Crippen LogP contribution in [0.5, 0.6) is 0 Å². The van der Waals surface area contributed by atoms with Gasteiger partial charge in [-0.3, -0.25) is 9.69 Å². The molecule has 154 valence electrons. The molecule has 2 saturated heterocycles. The lowest BCUT2D eigenvalue weighted by Gasteiger charge is -2.32.